The maximum absolute atomic E-state index is 12.1. The summed E-state index contributed by atoms with van der Waals surface area (Å²) >= 11 is 7.37. The van der Waals surface area contributed by atoms with Crippen LogP contribution >= 0.6 is 23.4 Å². The van der Waals surface area contributed by atoms with Gasteiger partial charge in [0, 0.05) is 5.02 Å². The van der Waals surface area contributed by atoms with Crippen LogP contribution in [0, 0.1) is 0 Å². The Balaban J connectivity index is 1.58. The van der Waals surface area contributed by atoms with Crippen molar-refractivity contribution < 1.29 is 9.53 Å². The van der Waals surface area contributed by atoms with E-state index in [2.05, 4.69) is 15.5 Å². The van der Waals surface area contributed by atoms with E-state index in [9.17, 15) is 4.79 Å². The Morgan fingerprint density at radius 1 is 1.26 bits per heavy atom. The monoisotopic (exact) mass is 401 g/mol. The second-order valence-corrected chi connectivity index (χ2v) is 7.94. The van der Waals surface area contributed by atoms with E-state index >= 15 is 0 Å². The Morgan fingerprint density at radius 3 is 2.74 bits per heavy atom. The highest BCUT2D eigenvalue weighted by Gasteiger charge is 2.30. The average molecular weight is 402 g/mol. The summed E-state index contributed by atoms with van der Waals surface area (Å²) in [5.74, 6) is 0.750. The topological polar surface area (TPSA) is 63.1 Å². The van der Waals surface area contributed by atoms with Crippen molar-refractivity contribution in [3.8, 4) is 5.75 Å². The smallest absolute Gasteiger partial charge is 0.239 e. The van der Waals surface area contributed by atoms with Crippen molar-refractivity contribution in [2.75, 3.05) is 0 Å². The number of amidine groups is 1. The number of carbonyl (C=O) groups is 1. The van der Waals surface area contributed by atoms with Crippen LogP contribution in [-0.2, 0) is 11.2 Å². The fourth-order valence-electron chi connectivity index (χ4n) is 2.52. The first-order chi connectivity index (χ1) is 13.0. The molecule has 3 rings (SSSR count). The van der Waals surface area contributed by atoms with Gasteiger partial charge in [-0.05, 0) is 67.8 Å². The standard InChI is InChI=1S/C20H20ClN3O2S/c1-13(2)26-17-8-6-14(7-9-17)12-22-24-20-23-19(25)18(27-20)11-15-4-3-5-16(21)10-15/h3-10,12-13,18H,11H2,1-2H3,(H,23,24,25)/b22-12-/t18-/m0/s1. The molecule has 0 aliphatic carbocycles. The first-order valence-corrected chi connectivity index (χ1v) is 9.85. The fraction of sp³-hybridized carbons (Fsp3) is 0.250. The highest BCUT2D eigenvalue weighted by molar-refractivity contribution is 8.15. The lowest BCUT2D eigenvalue weighted by atomic mass is 10.1. The van der Waals surface area contributed by atoms with E-state index in [1.807, 2.05) is 62.4 Å². The molecule has 0 aromatic heterocycles. The van der Waals surface area contributed by atoms with Crippen molar-refractivity contribution in [1.82, 2.24) is 5.32 Å². The molecule has 1 N–H and O–H groups in total. The number of hydrogen-bond donors (Lipinski definition) is 1. The van der Waals surface area contributed by atoms with Crippen LogP contribution in [0.5, 0.6) is 5.75 Å². The van der Waals surface area contributed by atoms with Gasteiger partial charge in [0.25, 0.3) is 0 Å². The molecule has 27 heavy (non-hydrogen) atoms. The van der Waals surface area contributed by atoms with Gasteiger partial charge in [0.2, 0.25) is 5.91 Å². The van der Waals surface area contributed by atoms with Crippen molar-refractivity contribution in [3.63, 3.8) is 0 Å². The molecule has 2 aromatic carbocycles. The van der Waals surface area contributed by atoms with Crippen LogP contribution in [0.4, 0.5) is 0 Å². The molecule has 1 atom stereocenters. The van der Waals surface area contributed by atoms with E-state index in [4.69, 9.17) is 16.3 Å². The second-order valence-electron chi connectivity index (χ2n) is 6.32. The van der Waals surface area contributed by atoms with E-state index < -0.39 is 0 Å². The number of ether oxygens (including phenoxy) is 1. The summed E-state index contributed by atoms with van der Waals surface area (Å²) in [5, 5.41) is 11.9. The zero-order valence-electron chi connectivity index (χ0n) is 15.1. The van der Waals surface area contributed by atoms with Gasteiger partial charge in [-0.15, -0.1) is 5.10 Å². The third kappa shape index (κ3) is 5.84. The number of amides is 1. The highest BCUT2D eigenvalue weighted by atomic mass is 35.5. The summed E-state index contributed by atoms with van der Waals surface area (Å²) < 4.78 is 5.60. The maximum atomic E-state index is 12.1. The Bertz CT molecular complexity index is 866. The molecule has 140 valence electrons. The van der Waals surface area contributed by atoms with Crippen LogP contribution in [0.1, 0.15) is 25.0 Å². The Hall–Kier alpha value is -2.31. The van der Waals surface area contributed by atoms with Crippen LogP contribution in [-0.4, -0.2) is 28.6 Å². The summed E-state index contributed by atoms with van der Waals surface area (Å²) in [6.45, 7) is 3.97. The predicted molar refractivity (Wildman–Crippen MR) is 112 cm³/mol. The predicted octanol–water partition coefficient (Wildman–Crippen LogP) is 4.29. The van der Waals surface area contributed by atoms with Gasteiger partial charge in [-0.1, -0.05) is 35.5 Å². The molecule has 1 aliphatic rings. The lowest BCUT2D eigenvalue weighted by Gasteiger charge is -2.08. The quantitative estimate of drug-likeness (QED) is 0.580. The van der Waals surface area contributed by atoms with Crippen LogP contribution < -0.4 is 10.1 Å². The van der Waals surface area contributed by atoms with Crippen molar-refractivity contribution in [2.24, 2.45) is 10.2 Å². The van der Waals surface area contributed by atoms with Gasteiger partial charge in [0.1, 0.15) is 5.75 Å². The Morgan fingerprint density at radius 2 is 2.04 bits per heavy atom. The van der Waals surface area contributed by atoms with Crippen LogP contribution in [0.2, 0.25) is 5.02 Å². The van der Waals surface area contributed by atoms with Crippen molar-refractivity contribution in [1.29, 1.82) is 0 Å². The Kier molecular flexibility index (Phi) is 6.53. The highest BCUT2D eigenvalue weighted by Crippen LogP contribution is 2.24. The van der Waals surface area contributed by atoms with E-state index in [1.54, 1.807) is 6.21 Å². The van der Waals surface area contributed by atoms with Gasteiger partial charge < -0.3 is 10.1 Å². The summed E-state index contributed by atoms with van der Waals surface area (Å²) in [5.41, 5.74) is 1.92. The van der Waals surface area contributed by atoms with Crippen molar-refractivity contribution >= 4 is 40.7 Å². The maximum Gasteiger partial charge on any atom is 0.239 e. The molecular weight excluding hydrogens is 382 g/mol. The number of thioether (sulfide) groups is 1. The van der Waals surface area contributed by atoms with E-state index in [-0.39, 0.29) is 17.3 Å². The molecule has 1 fully saturated rings. The minimum Gasteiger partial charge on any atom is -0.491 e. The first kappa shape index (κ1) is 19.5. The Labute approximate surface area is 167 Å². The molecule has 0 saturated carbocycles. The van der Waals surface area contributed by atoms with E-state index in [0.717, 1.165) is 16.9 Å². The van der Waals surface area contributed by atoms with Crippen molar-refractivity contribution in [2.45, 2.75) is 31.6 Å². The second kappa shape index (κ2) is 9.06. The minimum atomic E-state index is -0.232. The average Bonchev–Trinajstić information content (AvgIpc) is 2.95. The third-order valence-electron chi connectivity index (χ3n) is 3.69. The van der Waals surface area contributed by atoms with Gasteiger partial charge >= 0.3 is 0 Å². The molecule has 1 heterocycles. The largest absolute Gasteiger partial charge is 0.491 e. The summed E-state index contributed by atoms with van der Waals surface area (Å²) in [4.78, 5) is 12.1. The minimum absolute atomic E-state index is 0.0656. The molecule has 1 amide bonds. The lowest BCUT2D eigenvalue weighted by Crippen LogP contribution is -2.25. The molecule has 0 bridgehead atoms. The number of hydrogen-bond acceptors (Lipinski definition) is 5. The van der Waals surface area contributed by atoms with E-state index in [0.29, 0.717) is 16.6 Å². The number of nitrogens with zero attached hydrogens (tertiary/aromatic N) is 2. The molecule has 1 aliphatic heterocycles. The molecule has 0 radical (unpaired) electrons. The van der Waals surface area contributed by atoms with Gasteiger partial charge in [-0.3, -0.25) is 4.79 Å². The number of rotatable bonds is 6. The van der Waals surface area contributed by atoms with Crippen LogP contribution in [0.25, 0.3) is 0 Å². The molecule has 7 heteroatoms. The number of nitrogens with one attached hydrogen (secondary N) is 1. The summed E-state index contributed by atoms with van der Waals surface area (Å²) in [6.07, 6.45) is 2.37. The molecule has 0 unspecified atom stereocenters. The van der Waals surface area contributed by atoms with Gasteiger partial charge in [-0.2, -0.15) is 5.10 Å². The van der Waals surface area contributed by atoms with Gasteiger partial charge in [0.05, 0.1) is 17.6 Å². The fourth-order valence-corrected chi connectivity index (χ4v) is 3.70. The molecular formula is C20H20ClN3O2S. The normalized spacial score (nSPS) is 18.4. The number of benzene rings is 2. The van der Waals surface area contributed by atoms with Crippen LogP contribution in [0.15, 0.2) is 58.7 Å². The number of carbonyl (C=O) groups excluding carboxylic acids is 1. The lowest BCUT2D eigenvalue weighted by molar-refractivity contribution is -0.118. The molecule has 5 nitrogen and oxygen atoms in total. The summed E-state index contributed by atoms with van der Waals surface area (Å²) in [6, 6.07) is 15.1. The zero-order valence-corrected chi connectivity index (χ0v) is 16.6. The van der Waals surface area contributed by atoms with Gasteiger partial charge in [-0.25, -0.2) is 0 Å². The van der Waals surface area contributed by atoms with Crippen LogP contribution in [0.3, 0.4) is 0 Å². The number of halogens is 1. The first-order valence-electron chi connectivity index (χ1n) is 8.59. The summed E-state index contributed by atoms with van der Waals surface area (Å²) in [7, 11) is 0. The van der Waals surface area contributed by atoms with E-state index in [1.165, 1.54) is 11.8 Å². The zero-order chi connectivity index (χ0) is 19.2. The molecule has 1 saturated heterocycles. The van der Waals surface area contributed by atoms with Gasteiger partial charge in [0.15, 0.2) is 5.17 Å². The van der Waals surface area contributed by atoms with Crippen molar-refractivity contribution in [3.05, 3.63) is 64.7 Å². The SMILES string of the molecule is CC(C)Oc1ccc(/C=N\N=C2\NC(=O)[C@H](Cc3cccc(Cl)c3)S2)cc1. The molecule has 0 spiro atoms. The molecule has 2 aromatic rings. The third-order valence-corrected chi connectivity index (χ3v) is 5.00.